The van der Waals surface area contributed by atoms with Crippen molar-refractivity contribution in [1.82, 2.24) is 25.4 Å². The topological polar surface area (TPSA) is 156 Å². The van der Waals surface area contributed by atoms with E-state index < -0.39 is 42.0 Å². The second-order valence-corrected chi connectivity index (χ2v) is 13.1. The SMILES string of the molecule is CCC(C)[C@@H]1NC(=O)C(Cc2cn(CC(=O)OC)c3ccccc23)NC(=O)[C@H](C)NC(=O)[C@H]2CCCCN2C1=O.CCCCCC(=O)CC. The van der Waals surface area contributed by atoms with E-state index in [1.54, 1.807) is 22.6 Å². The Balaban J connectivity index is 0.000000635. The van der Waals surface area contributed by atoms with Gasteiger partial charge in [0.05, 0.1) is 7.11 Å². The largest absolute Gasteiger partial charge is 0.468 e. The highest BCUT2D eigenvalue weighted by Crippen LogP contribution is 2.25. The number of hydrogen-bond donors (Lipinski definition) is 3. The molecule has 0 saturated carbocycles. The predicted molar refractivity (Wildman–Crippen MR) is 187 cm³/mol. The predicted octanol–water partition coefficient (Wildman–Crippen LogP) is 3.82. The van der Waals surface area contributed by atoms with Crippen molar-refractivity contribution in [3.8, 4) is 0 Å². The van der Waals surface area contributed by atoms with Crippen LogP contribution in [0.2, 0.25) is 0 Å². The van der Waals surface area contributed by atoms with Crippen LogP contribution in [-0.2, 0) is 46.5 Å². The second-order valence-electron chi connectivity index (χ2n) is 13.1. The van der Waals surface area contributed by atoms with Crippen LogP contribution in [-0.4, -0.2) is 82.7 Å². The average Bonchev–Trinajstić information content (AvgIpc) is 3.45. The van der Waals surface area contributed by atoms with Crippen LogP contribution < -0.4 is 16.0 Å². The molecule has 1 aromatic carbocycles. The number of hydrogen-bond acceptors (Lipinski definition) is 7. The molecule has 1 aromatic heterocycles. The molecule has 4 rings (SSSR count). The molecule has 2 aromatic rings. The van der Waals surface area contributed by atoms with Crippen molar-refractivity contribution in [1.29, 1.82) is 0 Å². The van der Waals surface area contributed by atoms with Gasteiger partial charge in [0.25, 0.3) is 0 Å². The van der Waals surface area contributed by atoms with E-state index in [2.05, 4.69) is 22.9 Å². The van der Waals surface area contributed by atoms with Crippen LogP contribution in [0.5, 0.6) is 0 Å². The summed E-state index contributed by atoms with van der Waals surface area (Å²) in [5.74, 6) is -1.83. The molecule has 3 heterocycles. The molecule has 2 fully saturated rings. The lowest BCUT2D eigenvalue weighted by atomic mass is 9.93. The summed E-state index contributed by atoms with van der Waals surface area (Å²) in [5, 5.41) is 9.31. The number of rotatable bonds is 11. The number of Topliss-reactive ketones (excluding diaryl/α,β-unsaturated/α-hetero) is 1. The molecule has 2 aliphatic rings. The molecule has 49 heavy (non-hydrogen) atoms. The van der Waals surface area contributed by atoms with E-state index in [-0.39, 0.29) is 30.7 Å². The van der Waals surface area contributed by atoms with Crippen LogP contribution in [0.15, 0.2) is 30.5 Å². The minimum atomic E-state index is -1.03. The van der Waals surface area contributed by atoms with E-state index >= 15 is 0 Å². The fourth-order valence-corrected chi connectivity index (χ4v) is 6.25. The molecule has 4 amide bonds. The Labute approximate surface area is 290 Å². The first kappa shape index (κ1) is 39.2. The number of ketones is 1. The number of nitrogens with zero attached hydrogens (tertiary/aromatic N) is 2. The van der Waals surface area contributed by atoms with Crippen molar-refractivity contribution in [3.05, 3.63) is 36.0 Å². The van der Waals surface area contributed by atoms with Crippen molar-refractivity contribution >= 4 is 46.3 Å². The molecule has 270 valence electrons. The maximum Gasteiger partial charge on any atom is 0.325 e. The van der Waals surface area contributed by atoms with Crippen LogP contribution >= 0.6 is 0 Å². The Morgan fingerprint density at radius 2 is 1.69 bits per heavy atom. The van der Waals surface area contributed by atoms with E-state index in [0.29, 0.717) is 31.6 Å². The number of para-hydroxylation sites is 1. The number of fused-ring (bicyclic) bond motifs is 2. The Morgan fingerprint density at radius 1 is 0.959 bits per heavy atom. The zero-order chi connectivity index (χ0) is 36.1. The molecular formula is C37H55N5O7. The number of methoxy groups -OCH3 is 1. The minimum absolute atomic E-state index is 0.00903. The smallest absolute Gasteiger partial charge is 0.325 e. The van der Waals surface area contributed by atoms with Crippen molar-refractivity contribution in [2.45, 2.75) is 130 Å². The van der Waals surface area contributed by atoms with Crippen molar-refractivity contribution in [2.24, 2.45) is 5.92 Å². The van der Waals surface area contributed by atoms with Gasteiger partial charge in [0.15, 0.2) is 0 Å². The maximum absolute atomic E-state index is 13.8. The number of piperidine rings is 1. The molecule has 0 aliphatic carbocycles. The first-order valence-corrected chi connectivity index (χ1v) is 17.8. The van der Waals surface area contributed by atoms with E-state index in [1.165, 1.54) is 20.0 Å². The molecule has 3 N–H and O–H groups in total. The number of benzene rings is 1. The quantitative estimate of drug-likeness (QED) is 0.241. The molecule has 2 unspecified atom stereocenters. The van der Waals surface area contributed by atoms with Gasteiger partial charge in [0, 0.05) is 42.9 Å². The number of esters is 1. The molecule has 0 bridgehead atoms. The molecule has 12 heteroatoms. The molecule has 12 nitrogen and oxygen atoms in total. The third-order valence-electron chi connectivity index (χ3n) is 9.53. The molecule has 0 spiro atoms. The average molecular weight is 682 g/mol. The van der Waals surface area contributed by atoms with Gasteiger partial charge in [0.1, 0.15) is 36.5 Å². The number of unbranched alkanes of at least 4 members (excludes halogenated alkanes) is 2. The van der Waals surface area contributed by atoms with Crippen LogP contribution in [0.3, 0.4) is 0 Å². The number of amides is 4. The summed E-state index contributed by atoms with van der Waals surface area (Å²) in [6, 6.07) is 4.00. The Bertz CT molecular complexity index is 1470. The highest BCUT2D eigenvalue weighted by atomic mass is 16.5. The number of nitrogens with one attached hydrogen (secondary N) is 3. The van der Waals surface area contributed by atoms with E-state index in [0.717, 1.165) is 42.1 Å². The van der Waals surface area contributed by atoms with Crippen molar-refractivity contribution < 1.29 is 33.5 Å². The van der Waals surface area contributed by atoms with Gasteiger partial charge in [-0.2, -0.15) is 0 Å². The number of aromatic nitrogens is 1. The van der Waals surface area contributed by atoms with Crippen LogP contribution in [0, 0.1) is 5.92 Å². The summed E-state index contributed by atoms with van der Waals surface area (Å²) in [6.07, 6.45) is 9.60. The molecule has 2 aliphatic heterocycles. The standard InChI is InChI=1S/C29H39N5O6.C8H16O/c1-5-17(2)25-29(39)34-13-9-8-12-23(34)28(38)30-18(3)26(36)31-21(27(37)32-25)14-19-15-33(16-24(35)40-4)22-11-7-6-10-20(19)22;1-3-5-6-7-8(9)4-2/h6-7,10-11,15,17-18,21,23,25H,5,8-9,12-14,16H2,1-4H3,(H,30,38)(H,31,36)(H,32,37);3-7H2,1-2H3/t17?,18-,21?,23+,25-;/m0./s1. The van der Waals surface area contributed by atoms with Gasteiger partial charge in [-0.05, 0) is 50.2 Å². The molecule has 0 radical (unpaired) electrons. The fraction of sp³-hybridized carbons (Fsp3) is 0.622. The van der Waals surface area contributed by atoms with Gasteiger partial charge in [-0.25, -0.2) is 0 Å². The van der Waals surface area contributed by atoms with E-state index in [4.69, 9.17) is 4.74 Å². The second kappa shape index (κ2) is 19.1. The number of ether oxygens (including phenoxy) is 1. The minimum Gasteiger partial charge on any atom is -0.468 e. The summed E-state index contributed by atoms with van der Waals surface area (Å²) >= 11 is 0. The molecular weight excluding hydrogens is 626 g/mol. The lowest BCUT2D eigenvalue weighted by molar-refractivity contribution is -0.147. The molecule has 5 atom stereocenters. The first-order chi connectivity index (χ1) is 23.4. The summed E-state index contributed by atoms with van der Waals surface area (Å²) in [7, 11) is 1.32. The Hall–Kier alpha value is -4.22. The molecule has 2 saturated heterocycles. The van der Waals surface area contributed by atoms with Crippen molar-refractivity contribution in [2.75, 3.05) is 13.7 Å². The van der Waals surface area contributed by atoms with Crippen molar-refractivity contribution in [3.63, 3.8) is 0 Å². The maximum atomic E-state index is 13.8. The van der Waals surface area contributed by atoms with Gasteiger partial charge in [-0.3, -0.25) is 28.8 Å². The van der Waals surface area contributed by atoms with Crippen LogP contribution in [0.1, 0.15) is 98.0 Å². The van der Waals surface area contributed by atoms with Gasteiger partial charge >= 0.3 is 5.97 Å². The third-order valence-corrected chi connectivity index (χ3v) is 9.53. The van der Waals surface area contributed by atoms with Gasteiger partial charge < -0.3 is 30.2 Å². The van der Waals surface area contributed by atoms with Gasteiger partial charge in [-0.1, -0.05) is 65.2 Å². The number of carbonyl (C=O) groups is 6. The highest BCUT2D eigenvalue weighted by molar-refractivity contribution is 5.98. The normalized spacial score (nSPS) is 22.3. The summed E-state index contributed by atoms with van der Waals surface area (Å²) < 4.78 is 6.58. The summed E-state index contributed by atoms with van der Waals surface area (Å²) in [6.45, 7) is 9.88. The monoisotopic (exact) mass is 681 g/mol. The van der Waals surface area contributed by atoms with Gasteiger partial charge in [0.2, 0.25) is 23.6 Å². The number of carbonyl (C=O) groups excluding carboxylic acids is 6. The fourth-order valence-electron chi connectivity index (χ4n) is 6.25. The van der Waals surface area contributed by atoms with Gasteiger partial charge in [-0.15, -0.1) is 0 Å². The Morgan fingerprint density at radius 3 is 2.37 bits per heavy atom. The zero-order valence-electron chi connectivity index (χ0n) is 30.0. The lowest BCUT2D eigenvalue weighted by Crippen LogP contribution is -2.64. The van der Waals surface area contributed by atoms with E-state index in [1.807, 2.05) is 45.0 Å². The zero-order valence-corrected chi connectivity index (χ0v) is 30.0. The van der Waals surface area contributed by atoms with Crippen LogP contribution in [0.4, 0.5) is 0 Å². The highest BCUT2D eigenvalue weighted by Gasteiger charge is 2.40. The van der Waals surface area contributed by atoms with Crippen LogP contribution in [0.25, 0.3) is 10.9 Å². The lowest BCUT2D eigenvalue weighted by Gasteiger charge is -2.39. The third kappa shape index (κ3) is 10.6. The summed E-state index contributed by atoms with van der Waals surface area (Å²) in [5.41, 5.74) is 1.53. The Kier molecular flexibility index (Phi) is 15.3. The first-order valence-electron chi connectivity index (χ1n) is 17.8. The van der Waals surface area contributed by atoms with E-state index in [9.17, 15) is 28.8 Å². The summed E-state index contributed by atoms with van der Waals surface area (Å²) in [4.78, 5) is 78.3.